The van der Waals surface area contributed by atoms with Crippen LogP contribution in [-0.4, -0.2) is 48.2 Å². The van der Waals surface area contributed by atoms with Gasteiger partial charge in [-0.2, -0.15) is 0 Å². The van der Waals surface area contributed by atoms with Crippen LogP contribution < -0.4 is 5.32 Å². The molecule has 1 saturated carbocycles. The van der Waals surface area contributed by atoms with Crippen molar-refractivity contribution in [3.05, 3.63) is 0 Å². The van der Waals surface area contributed by atoms with Crippen LogP contribution in [0.15, 0.2) is 0 Å². The van der Waals surface area contributed by atoms with E-state index in [4.69, 9.17) is 5.11 Å². The second-order valence-electron chi connectivity index (χ2n) is 6.59. The summed E-state index contributed by atoms with van der Waals surface area (Å²) in [5.74, 6) is 1.31. The summed E-state index contributed by atoms with van der Waals surface area (Å²) in [5, 5.41) is 12.3. The molecular formula is C16H30N2O2. The predicted octanol–water partition coefficient (Wildman–Crippen LogP) is 1.78. The molecule has 0 bridgehead atoms. The third-order valence-corrected chi connectivity index (χ3v) is 5.12. The van der Waals surface area contributed by atoms with E-state index in [0.717, 1.165) is 32.5 Å². The average Bonchev–Trinajstić information content (AvgIpc) is 2.53. The minimum absolute atomic E-state index is 0.0294. The number of piperidine rings is 1. The van der Waals surface area contributed by atoms with Crippen molar-refractivity contribution in [2.24, 2.45) is 11.8 Å². The lowest BCUT2D eigenvalue weighted by atomic mass is 9.89. The molecule has 4 nitrogen and oxygen atoms in total. The zero-order valence-corrected chi connectivity index (χ0v) is 12.8. The molecule has 2 aliphatic rings. The summed E-state index contributed by atoms with van der Waals surface area (Å²) in [6.07, 6.45) is 8.58. The zero-order chi connectivity index (χ0) is 14.4. The topological polar surface area (TPSA) is 52.6 Å². The van der Waals surface area contributed by atoms with E-state index in [1.807, 2.05) is 6.92 Å². The molecule has 20 heavy (non-hydrogen) atoms. The first-order valence-corrected chi connectivity index (χ1v) is 8.33. The summed E-state index contributed by atoms with van der Waals surface area (Å²) in [5.41, 5.74) is 0. The van der Waals surface area contributed by atoms with Gasteiger partial charge in [0.25, 0.3) is 0 Å². The van der Waals surface area contributed by atoms with E-state index in [2.05, 4.69) is 10.2 Å². The van der Waals surface area contributed by atoms with Crippen molar-refractivity contribution >= 4 is 5.91 Å². The van der Waals surface area contributed by atoms with Gasteiger partial charge in [0.05, 0.1) is 6.04 Å². The summed E-state index contributed by atoms with van der Waals surface area (Å²) >= 11 is 0. The number of carbonyl (C=O) groups is 1. The Labute approximate surface area is 122 Å². The first kappa shape index (κ1) is 15.8. The number of nitrogens with one attached hydrogen (secondary N) is 1. The summed E-state index contributed by atoms with van der Waals surface area (Å²) in [6, 6.07) is -0.0294. The normalized spacial score (nSPS) is 24.5. The number of rotatable bonds is 5. The van der Waals surface area contributed by atoms with Gasteiger partial charge in [-0.05, 0) is 57.5 Å². The Morgan fingerprint density at radius 1 is 1.15 bits per heavy atom. The molecule has 1 aliphatic carbocycles. The number of hydrogen-bond acceptors (Lipinski definition) is 3. The molecule has 1 saturated heterocycles. The minimum Gasteiger partial charge on any atom is -0.396 e. The van der Waals surface area contributed by atoms with Crippen LogP contribution in [-0.2, 0) is 4.79 Å². The Balaban J connectivity index is 1.69. The molecular weight excluding hydrogens is 252 g/mol. The van der Waals surface area contributed by atoms with Crippen LogP contribution >= 0.6 is 0 Å². The van der Waals surface area contributed by atoms with Crippen molar-refractivity contribution in [1.29, 1.82) is 0 Å². The lowest BCUT2D eigenvalue weighted by Gasteiger charge is -2.35. The van der Waals surface area contributed by atoms with E-state index in [-0.39, 0.29) is 18.6 Å². The molecule has 4 heteroatoms. The third-order valence-electron chi connectivity index (χ3n) is 5.12. The lowest BCUT2D eigenvalue weighted by molar-refractivity contribution is -0.126. The summed E-state index contributed by atoms with van der Waals surface area (Å²) in [7, 11) is 0. The van der Waals surface area contributed by atoms with E-state index in [9.17, 15) is 4.79 Å². The number of likely N-dealkylation sites (tertiary alicyclic amines) is 1. The molecule has 1 amide bonds. The molecule has 0 spiro atoms. The van der Waals surface area contributed by atoms with Crippen molar-refractivity contribution in [3.63, 3.8) is 0 Å². The largest absolute Gasteiger partial charge is 0.396 e. The van der Waals surface area contributed by atoms with Gasteiger partial charge in [0.2, 0.25) is 5.91 Å². The summed E-state index contributed by atoms with van der Waals surface area (Å²) < 4.78 is 0. The van der Waals surface area contributed by atoms with E-state index < -0.39 is 0 Å². The molecule has 0 aromatic heterocycles. The van der Waals surface area contributed by atoms with Gasteiger partial charge in [0.1, 0.15) is 0 Å². The minimum atomic E-state index is -0.0294. The molecule has 1 atom stereocenters. The Bertz CT molecular complexity index is 295. The van der Waals surface area contributed by atoms with Gasteiger partial charge in [0.15, 0.2) is 0 Å². The van der Waals surface area contributed by atoms with E-state index in [1.165, 1.54) is 32.1 Å². The Morgan fingerprint density at radius 3 is 2.40 bits per heavy atom. The van der Waals surface area contributed by atoms with Crippen LogP contribution in [0.2, 0.25) is 0 Å². The molecule has 0 aromatic carbocycles. The van der Waals surface area contributed by atoms with Crippen molar-refractivity contribution in [3.8, 4) is 0 Å². The van der Waals surface area contributed by atoms with Gasteiger partial charge < -0.3 is 10.4 Å². The van der Waals surface area contributed by atoms with E-state index in [1.54, 1.807) is 0 Å². The van der Waals surface area contributed by atoms with Crippen molar-refractivity contribution < 1.29 is 9.90 Å². The van der Waals surface area contributed by atoms with Gasteiger partial charge in [-0.3, -0.25) is 9.69 Å². The fraction of sp³-hybridized carbons (Fsp3) is 0.938. The van der Waals surface area contributed by atoms with Gasteiger partial charge in [-0.25, -0.2) is 0 Å². The molecule has 2 fully saturated rings. The van der Waals surface area contributed by atoms with Crippen molar-refractivity contribution in [2.75, 3.05) is 26.2 Å². The van der Waals surface area contributed by atoms with Crippen molar-refractivity contribution in [1.82, 2.24) is 10.2 Å². The second kappa shape index (κ2) is 7.99. The lowest BCUT2D eigenvalue weighted by Crippen LogP contribution is -2.49. The van der Waals surface area contributed by atoms with Crippen LogP contribution in [0.4, 0.5) is 0 Å². The first-order valence-electron chi connectivity index (χ1n) is 8.33. The van der Waals surface area contributed by atoms with Crippen LogP contribution in [0.1, 0.15) is 51.9 Å². The standard InChI is InChI=1S/C16H30N2O2/c1-13(18-9-7-15(12-19)8-10-18)16(20)17-11-14-5-3-2-4-6-14/h13-15,19H,2-12H2,1H3,(H,17,20). The number of aliphatic hydroxyl groups is 1. The number of nitrogens with zero attached hydrogens (tertiary/aromatic N) is 1. The zero-order valence-electron chi connectivity index (χ0n) is 12.8. The molecule has 1 heterocycles. The smallest absolute Gasteiger partial charge is 0.237 e. The predicted molar refractivity (Wildman–Crippen MR) is 80.4 cm³/mol. The van der Waals surface area contributed by atoms with Gasteiger partial charge in [-0.15, -0.1) is 0 Å². The fourth-order valence-electron chi connectivity index (χ4n) is 3.47. The number of hydrogen-bond donors (Lipinski definition) is 2. The maximum absolute atomic E-state index is 12.2. The van der Waals surface area contributed by atoms with Gasteiger partial charge >= 0.3 is 0 Å². The van der Waals surface area contributed by atoms with E-state index >= 15 is 0 Å². The number of aliphatic hydroxyl groups excluding tert-OH is 1. The van der Waals surface area contributed by atoms with Crippen LogP contribution in [0.25, 0.3) is 0 Å². The van der Waals surface area contributed by atoms with Crippen LogP contribution in [0, 0.1) is 11.8 Å². The van der Waals surface area contributed by atoms with Gasteiger partial charge in [-0.1, -0.05) is 19.3 Å². The summed E-state index contributed by atoms with van der Waals surface area (Å²) in [6.45, 7) is 5.02. The Kier molecular flexibility index (Phi) is 6.30. The maximum atomic E-state index is 12.2. The molecule has 116 valence electrons. The van der Waals surface area contributed by atoms with Crippen LogP contribution in [0.5, 0.6) is 0 Å². The van der Waals surface area contributed by atoms with Gasteiger partial charge in [0, 0.05) is 13.2 Å². The number of carbonyl (C=O) groups excluding carboxylic acids is 1. The third kappa shape index (κ3) is 4.45. The number of amides is 1. The highest BCUT2D eigenvalue weighted by Crippen LogP contribution is 2.23. The molecule has 2 rings (SSSR count). The van der Waals surface area contributed by atoms with E-state index in [0.29, 0.717) is 11.8 Å². The highest BCUT2D eigenvalue weighted by atomic mass is 16.3. The Hall–Kier alpha value is -0.610. The molecule has 0 radical (unpaired) electrons. The first-order chi connectivity index (χ1) is 9.70. The molecule has 0 aromatic rings. The summed E-state index contributed by atoms with van der Waals surface area (Å²) in [4.78, 5) is 14.5. The fourth-order valence-corrected chi connectivity index (χ4v) is 3.47. The quantitative estimate of drug-likeness (QED) is 0.808. The van der Waals surface area contributed by atoms with Crippen LogP contribution in [0.3, 0.4) is 0 Å². The maximum Gasteiger partial charge on any atom is 0.237 e. The molecule has 1 unspecified atom stereocenters. The Morgan fingerprint density at radius 2 is 1.80 bits per heavy atom. The SMILES string of the molecule is CC(C(=O)NCC1CCCCC1)N1CCC(CO)CC1. The molecule has 2 N–H and O–H groups in total. The monoisotopic (exact) mass is 282 g/mol. The molecule has 1 aliphatic heterocycles. The van der Waals surface area contributed by atoms with Crippen molar-refractivity contribution in [2.45, 2.75) is 57.9 Å². The highest BCUT2D eigenvalue weighted by molar-refractivity contribution is 5.81. The average molecular weight is 282 g/mol. The highest BCUT2D eigenvalue weighted by Gasteiger charge is 2.26. The second-order valence-corrected chi connectivity index (χ2v) is 6.59.